The molecule has 0 N–H and O–H groups in total. The molecule has 0 amide bonds. The van der Waals surface area contributed by atoms with Gasteiger partial charge in [-0.15, -0.1) is 11.3 Å². The van der Waals surface area contributed by atoms with Gasteiger partial charge in [0.25, 0.3) is 0 Å². The summed E-state index contributed by atoms with van der Waals surface area (Å²) in [5, 5.41) is -0.394. The van der Waals surface area contributed by atoms with E-state index in [1.807, 2.05) is 0 Å². The molecule has 0 fully saturated rings. The Kier molecular flexibility index (Phi) is 0.587. The number of rotatable bonds is 1. The zero-order chi connectivity index (χ0) is 14.5. The van der Waals surface area contributed by atoms with Gasteiger partial charge in [0.15, 0.2) is 0 Å². The lowest BCUT2D eigenvalue weighted by atomic mass is 10.1. The summed E-state index contributed by atoms with van der Waals surface area (Å²) in [5.74, 6) is -2.98. The number of hydrogen-bond donors (Lipinski definition) is 0. The van der Waals surface area contributed by atoms with Crippen molar-refractivity contribution in [1.82, 2.24) is 0 Å². The second kappa shape index (κ2) is 2.84. The molecule has 50 valence electrons. The Hall–Kier alpha value is 0.180. The van der Waals surface area contributed by atoms with Crippen molar-refractivity contribution < 1.29 is 12.3 Å². The third-order valence-electron chi connectivity index (χ3n) is 0.716. The fourth-order valence-electron chi connectivity index (χ4n) is 0.359. The van der Waals surface area contributed by atoms with Crippen LogP contribution in [0.4, 0.5) is 0 Å². The molecule has 0 spiro atoms. The largest absolute Gasteiger partial charge is 0.137 e. The Morgan fingerprint density at radius 3 is 3.22 bits per heavy atom. The summed E-state index contributed by atoms with van der Waals surface area (Å²) in [6.45, 7) is -6.32. The molecule has 0 unspecified atom stereocenters. The van der Waals surface area contributed by atoms with Crippen molar-refractivity contribution in [2.75, 3.05) is 0 Å². The molecule has 1 rings (SSSR count). The van der Waals surface area contributed by atoms with Crippen molar-refractivity contribution >= 4 is 27.3 Å². The Balaban J connectivity index is 3.66. The normalized spacial score (nSPS) is 29.2. The highest BCUT2D eigenvalue weighted by Crippen LogP contribution is 2.25. The van der Waals surface area contributed by atoms with E-state index >= 15 is 0 Å². The van der Waals surface area contributed by atoms with E-state index in [1.165, 1.54) is 0 Å². The minimum Gasteiger partial charge on any atom is -0.137 e. The van der Waals surface area contributed by atoms with Gasteiger partial charge in [0.05, 0.1) is 6.53 Å². The standard InChI is InChI=1S/C7H9BrS/c1-5(2)6-3-7(8)9-4-6/h3-5H,1-2H3/i1D3,2D3,3D,4D,5D. The number of halogens is 1. The molecule has 0 radical (unpaired) electrons. The second-order valence-electron chi connectivity index (χ2n) is 1.35. The Bertz CT molecular complexity index is 443. The van der Waals surface area contributed by atoms with E-state index in [9.17, 15) is 0 Å². The van der Waals surface area contributed by atoms with Gasteiger partial charge in [0, 0.05) is 9.60 Å². The van der Waals surface area contributed by atoms with Gasteiger partial charge in [0.2, 0.25) is 0 Å². The van der Waals surface area contributed by atoms with Crippen LogP contribution in [-0.2, 0) is 0 Å². The molecule has 0 bridgehead atoms. The highest BCUT2D eigenvalue weighted by Gasteiger charge is 1.99. The highest BCUT2D eigenvalue weighted by atomic mass is 79.9. The van der Waals surface area contributed by atoms with Crippen LogP contribution in [0.3, 0.4) is 0 Å². The van der Waals surface area contributed by atoms with Crippen molar-refractivity contribution in [2.45, 2.75) is 19.6 Å². The average Bonchev–Trinajstić information content (AvgIpc) is 2.36. The number of hydrogen-bond acceptors (Lipinski definition) is 1. The van der Waals surface area contributed by atoms with Crippen LogP contribution in [0.15, 0.2) is 15.2 Å². The molecule has 0 aliphatic rings. The second-order valence-corrected chi connectivity index (χ2v) is 3.49. The quantitative estimate of drug-likeness (QED) is 0.669. The third-order valence-corrected chi connectivity index (χ3v) is 1.99. The SMILES string of the molecule is [2H]c1sc(Br)c([2H])c1C([2H])(C([2H])([2H])[2H])C([2H])([2H])[2H]. The monoisotopic (exact) mass is 213 g/mol. The molecular formula is C7H9BrS. The summed E-state index contributed by atoms with van der Waals surface area (Å²) in [5.41, 5.74) is -0.584. The molecule has 0 nitrogen and oxygen atoms in total. The third kappa shape index (κ3) is 1.80. The minimum atomic E-state index is -3.16. The first-order valence-corrected chi connectivity index (χ1v) is 3.71. The van der Waals surface area contributed by atoms with Gasteiger partial charge in [0.1, 0.15) is 0 Å². The van der Waals surface area contributed by atoms with Gasteiger partial charge in [-0.3, -0.25) is 0 Å². The van der Waals surface area contributed by atoms with Crippen LogP contribution in [0, 0.1) is 0 Å². The van der Waals surface area contributed by atoms with Crippen LogP contribution in [0.2, 0.25) is 0 Å². The molecule has 1 aromatic heterocycles. The van der Waals surface area contributed by atoms with E-state index in [2.05, 4.69) is 15.9 Å². The minimum absolute atomic E-state index is 0.146. The zero-order valence-corrected chi connectivity index (χ0v) is 6.69. The lowest BCUT2D eigenvalue weighted by molar-refractivity contribution is 0.872. The lowest BCUT2D eigenvalue weighted by Crippen LogP contribution is -1.79. The predicted molar refractivity (Wildman–Crippen MR) is 46.1 cm³/mol. The molecule has 0 aliphatic heterocycles. The molecule has 0 atom stereocenters. The first-order valence-electron chi connectivity index (χ1n) is 6.60. The van der Waals surface area contributed by atoms with E-state index in [4.69, 9.17) is 12.3 Å². The molecule has 0 saturated carbocycles. The highest BCUT2D eigenvalue weighted by molar-refractivity contribution is 9.11. The molecule has 1 heterocycles. The first kappa shape index (κ1) is 1.86. The van der Waals surface area contributed by atoms with E-state index in [0.717, 1.165) is 11.3 Å². The van der Waals surface area contributed by atoms with Crippen molar-refractivity contribution in [3.05, 3.63) is 20.7 Å². The van der Waals surface area contributed by atoms with Crippen molar-refractivity contribution in [1.29, 1.82) is 0 Å². The molecule has 1 aromatic rings. The van der Waals surface area contributed by atoms with Crippen LogP contribution >= 0.6 is 27.3 Å². The molecule has 9 heavy (non-hydrogen) atoms. The van der Waals surface area contributed by atoms with Crippen LogP contribution in [0.25, 0.3) is 0 Å². The van der Waals surface area contributed by atoms with Gasteiger partial charge in [-0.2, -0.15) is 0 Å². The van der Waals surface area contributed by atoms with Crippen molar-refractivity contribution in [3.63, 3.8) is 0 Å². The number of thiophene rings is 1. The Morgan fingerprint density at radius 2 is 2.78 bits per heavy atom. The van der Waals surface area contributed by atoms with Crippen molar-refractivity contribution in [3.8, 4) is 0 Å². The van der Waals surface area contributed by atoms with E-state index in [1.54, 1.807) is 0 Å². The van der Waals surface area contributed by atoms with Crippen LogP contribution in [-0.4, -0.2) is 0 Å². The van der Waals surface area contributed by atoms with E-state index in [0.29, 0.717) is 0 Å². The summed E-state index contributed by atoms with van der Waals surface area (Å²) in [4.78, 5) is 0. The van der Waals surface area contributed by atoms with Gasteiger partial charge < -0.3 is 0 Å². The molecule has 0 aromatic carbocycles. The summed E-state index contributed by atoms with van der Waals surface area (Å²) < 4.78 is 67.0. The summed E-state index contributed by atoms with van der Waals surface area (Å²) in [6.07, 6.45) is 0. The van der Waals surface area contributed by atoms with Gasteiger partial charge >= 0.3 is 0 Å². The predicted octanol–water partition coefficient (Wildman–Crippen LogP) is 3.63. The molecular weight excluding hydrogens is 196 g/mol. The van der Waals surface area contributed by atoms with Crippen molar-refractivity contribution in [2.24, 2.45) is 0 Å². The lowest BCUT2D eigenvalue weighted by Gasteiger charge is -1.96. The maximum Gasteiger partial charge on any atom is 0.0743 e. The fourth-order valence-corrected chi connectivity index (χ4v) is 1.30. The van der Waals surface area contributed by atoms with Crippen LogP contribution in [0.1, 0.15) is 37.5 Å². The maximum atomic E-state index is 7.88. The maximum absolute atomic E-state index is 7.88. The Morgan fingerprint density at radius 1 is 2.00 bits per heavy atom. The topological polar surface area (TPSA) is 0 Å². The zero-order valence-electron chi connectivity index (χ0n) is 13.3. The molecule has 0 aliphatic carbocycles. The smallest absolute Gasteiger partial charge is 0.0743 e. The molecule has 2 heteroatoms. The fraction of sp³-hybridized carbons (Fsp3) is 0.429. The first-order chi connectivity index (χ1) is 7.84. The van der Waals surface area contributed by atoms with Crippen LogP contribution < -0.4 is 0 Å². The van der Waals surface area contributed by atoms with E-state index < -0.39 is 36.6 Å². The Labute approximate surface area is 80.7 Å². The molecule has 0 saturated heterocycles. The summed E-state index contributed by atoms with van der Waals surface area (Å²) in [6, 6.07) is -0.424. The summed E-state index contributed by atoms with van der Waals surface area (Å²) >= 11 is 3.68. The summed E-state index contributed by atoms with van der Waals surface area (Å²) in [7, 11) is 0. The van der Waals surface area contributed by atoms with Crippen LogP contribution in [0.5, 0.6) is 0 Å². The average molecular weight is 214 g/mol. The van der Waals surface area contributed by atoms with Gasteiger partial charge in [-0.05, 0) is 38.8 Å². The van der Waals surface area contributed by atoms with E-state index in [-0.39, 0.29) is 3.79 Å². The van der Waals surface area contributed by atoms with Gasteiger partial charge in [-0.25, -0.2) is 0 Å². The van der Waals surface area contributed by atoms with Gasteiger partial charge in [-0.1, -0.05) is 13.7 Å².